The lowest BCUT2D eigenvalue weighted by Gasteiger charge is -2.27. The Hall–Kier alpha value is -7.67. The number of aromatic nitrogens is 2. The molecular formula is C58H39BN4S. The molecule has 2 aliphatic heterocycles. The summed E-state index contributed by atoms with van der Waals surface area (Å²) in [7, 11) is 0. The lowest BCUT2D eigenvalue weighted by molar-refractivity contribution is 0.706. The van der Waals surface area contributed by atoms with Gasteiger partial charge in [-0.25, -0.2) is 4.99 Å². The molecule has 0 saturated carbocycles. The van der Waals surface area contributed by atoms with Gasteiger partial charge in [0.2, 0.25) is 6.71 Å². The van der Waals surface area contributed by atoms with Gasteiger partial charge >= 0.3 is 0 Å². The Labute approximate surface area is 374 Å². The van der Waals surface area contributed by atoms with Gasteiger partial charge in [-0.1, -0.05) is 180 Å². The average Bonchev–Trinajstić information content (AvgIpc) is 4.11. The molecular weight excluding hydrogens is 796 g/mol. The molecule has 1 unspecified atom stereocenters. The third kappa shape index (κ3) is 5.20. The third-order valence-electron chi connectivity index (χ3n) is 13.9. The van der Waals surface area contributed by atoms with E-state index in [1.165, 1.54) is 97.0 Å². The van der Waals surface area contributed by atoms with Crippen LogP contribution in [0.25, 0.3) is 86.3 Å². The molecule has 0 radical (unpaired) electrons. The molecule has 1 atom stereocenters. The molecule has 64 heavy (non-hydrogen) atoms. The van der Waals surface area contributed by atoms with E-state index in [1.807, 2.05) is 11.3 Å². The molecule has 1 N–H and O–H groups in total. The summed E-state index contributed by atoms with van der Waals surface area (Å²) in [6, 6.07) is 65.1. The molecule has 300 valence electrons. The van der Waals surface area contributed by atoms with Gasteiger partial charge in [-0.3, -0.25) is 4.57 Å². The molecule has 11 aromatic rings. The van der Waals surface area contributed by atoms with E-state index < -0.39 is 0 Å². The zero-order valence-electron chi connectivity index (χ0n) is 34.9. The summed E-state index contributed by atoms with van der Waals surface area (Å²) in [6.07, 6.45) is 11.0. The Morgan fingerprint density at radius 1 is 0.578 bits per heavy atom. The van der Waals surface area contributed by atoms with Crippen LogP contribution in [0, 0.1) is 0 Å². The predicted octanol–water partition coefficient (Wildman–Crippen LogP) is 12.2. The van der Waals surface area contributed by atoms with Crippen LogP contribution < -0.4 is 21.7 Å². The summed E-state index contributed by atoms with van der Waals surface area (Å²) >= 11 is 1.90. The minimum absolute atomic E-state index is 0.204. The van der Waals surface area contributed by atoms with Crippen LogP contribution in [0.1, 0.15) is 18.4 Å². The van der Waals surface area contributed by atoms with Crippen molar-refractivity contribution >= 4 is 110 Å². The highest BCUT2D eigenvalue weighted by atomic mass is 32.1. The molecule has 1 aliphatic carbocycles. The normalized spacial score (nSPS) is 15.8. The monoisotopic (exact) mass is 834 g/mol. The van der Waals surface area contributed by atoms with E-state index in [2.05, 4.69) is 215 Å². The smallest absolute Gasteiger partial charge is 0.242 e. The number of para-hydroxylation sites is 2. The molecule has 0 fully saturated rings. The molecule has 5 heterocycles. The van der Waals surface area contributed by atoms with E-state index in [9.17, 15) is 0 Å². The molecule has 4 nitrogen and oxygen atoms in total. The highest BCUT2D eigenvalue weighted by molar-refractivity contribution is 7.26. The first kappa shape index (κ1) is 35.9. The second-order valence-electron chi connectivity index (χ2n) is 17.3. The number of allylic oxidation sites excluding steroid dienone is 3. The summed E-state index contributed by atoms with van der Waals surface area (Å²) in [5.41, 5.74) is 16.1. The second-order valence-corrected chi connectivity index (χ2v) is 18.4. The maximum Gasteiger partial charge on any atom is 0.242 e. The number of thiophene rings is 1. The van der Waals surface area contributed by atoms with Crippen molar-refractivity contribution in [2.75, 3.05) is 0 Å². The van der Waals surface area contributed by atoms with Gasteiger partial charge in [0.05, 0.1) is 32.5 Å². The fraction of sp³-hybridized carbons (Fsp3) is 0.0517. The van der Waals surface area contributed by atoms with Crippen molar-refractivity contribution in [2.24, 2.45) is 4.99 Å². The Morgan fingerprint density at radius 2 is 1.30 bits per heavy atom. The Balaban J connectivity index is 1.01. The van der Waals surface area contributed by atoms with Crippen molar-refractivity contribution in [1.29, 1.82) is 0 Å². The number of nitrogens with one attached hydrogen (secondary N) is 1. The molecule has 0 bridgehead atoms. The predicted molar refractivity (Wildman–Crippen MR) is 274 cm³/mol. The number of benzene rings is 8. The van der Waals surface area contributed by atoms with Gasteiger partial charge in [0.25, 0.3) is 0 Å². The van der Waals surface area contributed by atoms with Crippen molar-refractivity contribution in [2.45, 2.75) is 19.0 Å². The Bertz CT molecular complexity index is 3850. The van der Waals surface area contributed by atoms with Gasteiger partial charge in [0.1, 0.15) is 12.0 Å². The summed E-state index contributed by atoms with van der Waals surface area (Å²) < 4.78 is 7.55. The molecule has 0 amide bonds. The standard InChI is InChI=1S/C58H39BN4S/c1-3-16-36(17-4-1)48-35-54(61-58(60-48)37-18-5-2-6-19-37)63-49-27-13-9-22-41(49)42-31-32-51-55(56(42)63)44-23-10-14-28-50(44)62(51)52-29-15-24-43-45-34-38(30-33-53(45)64-57(43)52)59-46-25-11-7-20-39(46)40-21-8-12-26-47(40)59/h1,3-5,7-35,58,60H,2,6H2. The third-order valence-corrected chi connectivity index (χ3v) is 15.1. The van der Waals surface area contributed by atoms with Crippen LogP contribution in [0.15, 0.2) is 211 Å². The largest absolute Gasteiger partial charge is 0.359 e. The number of aliphatic imine (C=N–C) groups is 1. The fourth-order valence-electron chi connectivity index (χ4n) is 11.1. The highest BCUT2D eigenvalue weighted by Crippen LogP contribution is 2.44. The van der Waals surface area contributed by atoms with Gasteiger partial charge < -0.3 is 9.88 Å². The lowest BCUT2D eigenvalue weighted by atomic mass is 9.39. The molecule has 0 spiro atoms. The number of hydrogen-bond acceptors (Lipinski definition) is 3. The number of nitrogens with zero attached hydrogens (tertiary/aromatic N) is 3. The maximum absolute atomic E-state index is 5.57. The van der Waals surface area contributed by atoms with Crippen molar-refractivity contribution in [3.05, 3.63) is 211 Å². The van der Waals surface area contributed by atoms with E-state index in [0.29, 0.717) is 0 Å². The van der Waals surface area contributed by atoms with Gasteiger partial charge in [-0.15, -0.1) is 11.3 Å². The minimum Gasteiger partial charge on any atom is -0.359 e. The first-order valence-corrected chi connectivity index (χ1v) is 23.2. The van der Waals surface area contributed by atoms with Crippen LogP contribution in [0.5, 0.6) is 0 Å². The Morgan fingerprint density at radius 3 is 2.09 bits per heavy atom. The van der Waals surface area contributed by atoms with Crippen molar-refractivity contribution in [3.63, 3.8) is 0 Å². The van der Waals surface area contributed by atoms with E-state index >= 15 is 0 Å². The van der Waals surface area contributed by atoms with Crippen LogP contribution >= 0.6 is 11.3 Å². The quantitative estimate of drug-likeness (QED) is 0.176. The first-order valence-electron chi connectivity index (χ1n) is 22.3. The first-order chi connectivity index (χ1) is 31.8. The van der Waals surface area contributed by atoms with E-state index in [4.69, 9.17) is 4.99 Å². The zero-order chi connectivity index (χ0) is 41.9. The lowest BCUT2D eigenvalue weighted by Crippen LogP contribution is -2.48. The highest BCUT2D eigenvalue weighted by Gasteiger charge is 2.33. The summed E-state index contributed by atoms with van der Waals surface area (Å²) in [4.78, 5) is 5.57. The maximum atomic E-state index is 5.57. The van der Waals surface area contributed by atoms with Crippen molar-refractivity contribution in [3.8, 4) is 16.8 Å². The van der Waals surface area contributed by atoms with E-state index in [1.54, 1.807) is 0 Å². The van der Waals surface area contributed by atoms with Crippen molar-refractivity contribution in [1.82, 2.24) is 14.5 Å². The van der Waals surface area contributed by atoms with Crippen molar-refractivity contribution < 1.29 is 0 Å². The topological polar surface area (TPSA) is 34.2 Å². The molecule has 14 rings (SSSR count). The molecule has 0 saturated heterocycles. The Kier molecular flexibility index (Phi) is 7.80. The van der Waals surface area contributed by atoms with Gasteiger partial charge in [0.15, 0.2) is 0 Å². The number of fused-ring (bicyclic) bond motifs is 13. The minimum atomic E-state index is -0.215. The molecule has 3 aromatic heterocycles. The van der Waals surface area contributed by atoms with Gasteiger partial charge in [-0.2, -0.15) is 0 Å². The average molecular weight is 835 g/mol. The molecule has 3 aliphatic rings. The summed E-state index contributed by atoms with van der Waals surface area (Å²) in [5, 5.41) is 11.3. The van der Waals surface area contributed by atoms with E-state index in [-0.39, 0.29) is 12.9 Å². The SMILES string of the molecule is C1=CC(C2N=C(n3c4ccccc4c4ccc5c(c6ccccc6n5-c5cccc6c5sc5ccc(B7c8ccccc8-c8ccccc87)cc56)c43)C=C(c3ccccc3)N2)=CCC1. The second kappa shape index (κ2) is 13.9. The van der Waals surface area contributed by atoms with Crippen LogP contribution in [-0.4, -0.2) is 27.8 Å². The van der Waals surface area contributed by atoms with Gasteiger partial charge in [0, 0.05) is 43.4 Å². The molecule has 6 heteroatoms. The summed E-state index contributed by atoms with van der Waals surface area (Å²) in [6.45, 7) is 0.204. The van der Waals surface area contributed by atoms with Crippen LogP contribution in [0.4, 0.5) is 0 Å². The number of hydrogen-bond donors (Lipinski definition) is 1. The van der Waals surface area contributed by atoms with Crippen LogP contribution in [0.2, 0.25) is 0 Å². The van der Waals surface area contributed by atoms with Crippen LogP contribution in [-0.2, 0) is 0 Å². The fourth-order valence-corrected chi connectivity index (χ4v) is 12.3. The van der Waals surface area contributed by atoms with Crippen LogP contribution in [0.3, 0.4) is 0 Å². The number of rotatable bonds is 4. The van der Waals surface area contributed by atoms with E-state index in [0.717, 1.165) is 35.5 Å². The molecule has 8 aromatic carbocycles. The summed E-state index contributed by atoms with van der Waals surface area (Å²) in [5.74, 6) is 0.924. The van der Waals surface area contributed by atoms with Gasteiger partial charge in [-0.05, 0) is 70.8 Å². The zero-order valence-corrected chi connectivity index (χ0v) is 35.7.